The molecule has 1 nitrogen and oxygen atoms in total. The topological polar surface area (TPSA) is 23.9 Å². The number of nitrogens with one attached hydrogen (secondary N) is 1. The van der Waals surface area contributed by atoms with Gasteiger partial charge in [-0.1, -0.05) is 13.8 Å². The molecule has 0 unspecified atom stereocenters. The van der Waals surface area contributed by atoms with E-state index in [1.165, 1.54) is 6.42 Å². The minimum Gasteiger partial charge on any atom is -0.309 e. The Bertz CT molecular complexity index is 103. The smallest absolute Gasteiger partial charge is 0.0146 e. The molecule has 0 aromatic heterocycles. The summed E-state index contributed by atoms with van der Waals surface area (Å²) in [6.45, 7) is 4.25. The van der Waals surface area contributed by atoms with Gasteiger partial charge in [0, 0.05) is 11.1 Å². The SMILES string of the molecule is CC1(C)CCC1=N. The van der Waals surface area contributed by atoms with Crippen LogP contribution in [0.25, 0.3) is 0 Å². The molecular formula is C6H11N. The summed E-state index contributed by atoms with van der Waals surface area (Å²) < 4.78 is 0. The quantitative estimate of drug-likeness (QED) is 0.477. The average molecular weight is 97.2 g/mol. The first kappa shape index (κ1) is 4.82. The lowest BCUT2D eigenvalue weighted by Crippen LogP contribution is -2.33. The molecule has 1 aliphatic carbocycles. The lowest BCUT2D eigenvalue weighted by atomic mass is 9.70. The maximum absolute atomic E-state index is 7.23. The van der Waals surface area contributed by atoms with E-state index in [4.69, 9.17) is 5.41 Å². The fraction of sp³-hybridized carbons (Fsp3) is 0.833. The Labute approximate surface area is 44.2 Å². The van der Waals surface area contributed by atoms with Crippen LogP contribution < -0.4 is 0 Å². The zero-order valence-corrected chi connectivity index (χ0v) is 4.91. The first-order valence-corrected chi connectivity index (χ1v) is 2.71. The van der Waals surface area contributed by atoms with Gasteiger partial charge in [-0.25, -0.2) is 0 Å². The van der Waals surface area contributed by atoms with E-state index in [9.17, 15) is 0 Å². The molecule has 0 bridgehead atoms. The van der Waals surface area contributed by atoms with E-state index in [-0.39, 0.29) is 5.41 Å². The Kier molecular flexibility index (Phi) is 0.748. The van der Waals surface area contributed by atoms with Crippen molar-refractivity contribution >= 4 is 5.71 Å². The van der Waals surface area contributed by atoms with Gasteiger partial charge in [0.25, 0.3) is 0 Å². The molecule has 1 aliphatic rings. The average Bonchev–Trinajstić information content (AvgIpc) is 1.63. The first-order chi connectivity index (χ1) is 3.13. The van der Waals surface area contributed by atoms with Gasteiger partial charge in [0.15, 0.2) is 0 Å². The number of hydrogen-bond donors (Lipinski definition) is 1. The van der Waals surface area contributed by atoms with Gasteiger partial charge in [-0.05, 0) is 12.8 Å². The molecule has 0 radical (unpaired) electrons. The molecule has 40 valence electrons. The Morgan fingerprint density at radius 2 is 2.00 bits per heavy atom. The van der Waals surface area contributed by atoms with E-state index < -0.39 is 0 Å². The lowest BCUT2D eigenvalue weighted by Gasteiger charge is -2.35. The standard InChI is InChI=1S/C6H11N/c1-6(2)4-3-5(6)7/h7H,3-4H2,1-2H3. The van der Waals surface area contributed by atoms with Crippen molar-refractivity contribution in [3.8, 4) is 0 Å². The van der Waals surface area contributed by atoms with Crippen molar-refractivity contribution in [3.63, 3.8) is 0 Å². The van der Waals surface area contributed by atoms with E-state index in [1.807, 2.05) is 0 Å². The highest BCUT2D eigenvalue weighted by Gasteiger charge is 2.32. The zero-order chi connectivity index (χ0) is 5.49. The third-order valence-electron chi connectivity index (χ3n) is 1.82. The van der Waals surface area contributed by atoms with Gasteiger partial charge in [0.05, 0.1) is 0 Å². The van der Waals surface area contributed by atoms with Crippen LogP contribution in [0.5, 0.6) is 0 Å². The summed E-state index contributed by atoms with van der Waals surface area (Å²) in [4.78, 5) is 0. The molecule has 0 heterocycles. The van der Waals surface area contributed by atoms with Crippen molar-refractivity contribution < 1.29 is 0 Å². The second-order valence-corrected chi connectivity index (χ2v) is 2.86. The van der Waals surface area contributed by atoms with Gasteiger partial charge >= 0.3 is 0 Å². The van der Waals surface area contributed by atoms with E-state index >= 15 is 0 Å². The van der Waals surface area contributed by atoms with Crippen LogP contribution >= 0.6 is 0 Å². The summed E-state index contributed by atoms with van der Waals surface area (Å²) in [7, 11) is 0. The summed E-state index contributed by atoms with van der Waals surface area (Å²) in [5.41, 5.74) is 1.19. The van der Waals surface area contributed by atoms with Gasteiger partial charge < -0.3 is 5.41 Å². The first-order valence-electron chi connectivity index (χ1n) is 2.71. The van der Waals surface area contributed by atoms with Crippen LogP contribution in [-0.2, 0) is 0 Å². The second kappa shape index (κ2) is 1.09. The lowest BCUT2D eigenvalue weighted by molar-refractivity contribution is 0.404. The van der Waals surface area contributed by atoms with Crippen LogP contribution in [0.15, 0.2) is 0 Å². The van der Waals surface area contributed by atoms with Crippen LogP contribution in [0.3, 0.4) is 0 Å². The van der Waals surface area contributed by atoms with E-state index in [2.05, 4.69) is 13.8 Å². The fourth-order valence-corrected chi connectivity index (χ4v) is 0.750. The van der Waals surface area contributed by atoms with Gasteiger partial charge in [-0.15, -0.1) is 0 Å². The maximum Gasteiger partial charge on any atom is 0.0146 e. The predicted octanol–water partition coefficient (Wildman–Crippen LogP) is 1.83. The van der Waals surface area contributed by atoms with Gasteiger partial charge in [-0.3, -0.25) is 0 Å². The molecule has 1 N–H and O–H groups in total. The zero-order valence-electron chi connectivity index (χ0n) is 4.91. The number of rotatable bonds is 0. The van der Waals surface area contributed by atoms with Crippen LogP contribution in [0.2, 0.25) is 0 Å². The van der Waals surface area contributed by atoms with Crippen molar-refractivity contribution in [3.05, 3.63) is 0 Å². The number of hydrogen-bond acceptors (Lipinski definition) is 1. The molecule has 0 spiro atoms. The second-order valence-electron chi connectivity index (χ2n) is 2.86. The molecule has 0 aromatic carbocycles. The molecule has 0 aromatic rings. The molecule has 1 heteroatoms. The largest absolute Gasteiger partial charge is 0.309 e. The van der Waals surface area contributed by atoms with Crippen LogP contribution in [-0.4, -0.2) is 5.71 Å². The molecule has 7 heavy (non-hydrogen) atoms. The van der Waals surface area contributed by atoms with E-state index in [0.29, 0.717) is 0 Å². The highest BCUT2D eigenvalue weighted by molar-refractivity contribution is 5.91. The molecular weight excluding hydrogens is 86.1 g/mol. The summed E-state index contributed by atoms with van der Waals surface area (Å²) in [6.07, 6.45) is 2.25. The Balaban J connectivity index is 2.59. The molecule has 1 rings (SSSR count). The van der Waals surface area contributed by atoms with Crippen LogP contribution in [0, 0.1) is 10.8 Å². The molecule has 1 fully saturated rings. The molecule has 0 saturated heterocycles. The third-order valence-corrected chi connectivity index (χ3v) is 1.82. The minimum atomic E-state index is 0.264. The van der Waals surface area contributed by atoms with Gasteiger partial charge in [0.2, 0.25) is 0 Å². The normalized spacial score (nSPS) is 26.9. The van der Waals surface area contributed by atoms with E-state index in [1.54, 1.807) is 0 Å². The predicted molar refractivity (Wildman–Crippen MR) is 30.7 cm³/mol. The maximum atomic E-state index is 7.23. The summed E-state index contributed by atoms with van der Waals surface area (Å²) >= 11 is 0. The summed E-state index contributed by atoms with van der Waals surface area (Å²) in [5.74, 6) is 0. The summed E-state index contributed by atoms with van der Waals surface area (Å²) in [6, 6.07) is 0. The molecule has 0 atom stereocenters. The highest BCUT2D eigenvalue weighted by Crippen LogP contribution is 2.35. The van der Waals surface area contributed by atoms with Crippen LogP contribution in [0.1, 0.15) is 26.7 Å². The molecule has 0 amide bonds. The van der Waals surface area contributed by atoms with Crippen molar-refractivity contribution in [2.24, 2.45) is 5.41 Å². The van der Waals surface area contributed by atoms with Crippen LogP contribution in [0.4, 0.5) is 0 Å². The van der Waals surface area contributed by atoms with Crippen molar-refractivity contribution in [2.45, 2.75) is 26.7 Å². The Morgan fingerprint density at radius 3 is 2.00 bits per heavy atom. The van der Waals surface area contributed by atoms with Crippen molar-refractivity contribution in [1.82, 2.24) is 0 Å². The Morgan fingerprint density at radius 1 is 1.57 bits per heavy atom. The monoisotopic (exact) mass is 97.1 g/mol. The van der Waals surface area contributed by atoms with Crippen molar-refractivity contribution in [1.29, 1.82) is 5.41 Å². The third kappa shape index (κ3) is 0.561. The van der Waals surface area contributed by atoms with E-state index in [0.717, 1.165) is 12.1 Å². The summed E-state index contributed by atoms with van der Waals surface area (Å²) in [5, 5.41) is 7.23. The highest BCUT2D eigenvalue weighted by atomic mass is 14.5. The van der Waals surface area contributed by atoms with Gasteiger partial charge in [0.1, 0.15) is 0 Å². The Hall–Kier alpha value is -0.330. The fourth-order valence-electron chi connectivity index (χ4n) is 0.750. The van der Waals surface area contributed by atoms with Crippen molar-refractivity contribution in [2.75, 3.05) is 0 Å². The molecule has 1 saturated carbocycles. The minimum absolute atomic E-state index is 0.264. The molecule has 0 aliphatic heterocycles. The van der Waals surface area contributed by atoms with Gasteiger partial charge in [-0.2, -0.15) is 0 Å².